The highest BCUT2D eigenvalue weighted by molar-refractivity contribution is 5.91. The highest BCUT2D eigenvalue weighted by Crippen LogP contribution is 2.19. The lowest BCUT2D eigenvalue weighted by Crippen LogP contribution is -2.30. The molecule has 0 aliphatic heterocycles. The number of ether oxygens (including phenoxy) is 1. The van der Waals surface area contributed by atoms with Crippen molar-refractivity contribution in [3.63, 3.8) is 0 Å². The average Bonchev–Trinajstić information content (AvgIpc) is 2.87. The number of carbonyl (C=O) groups is 1. The molecule has 0 aliphatic carbocycles. The molecule has 1 N–H and O–H groups in total. The summed E-state index contributed by atoms with van der Waals surface area (Å²) in [5.41, 5.74) is 2.81. The summed E-state index contributed by atoms with van der Waals surface area (Å²) in [5.74, 6) is 0.915. The number of nitrogens with zero attached hydrogens (tertiary/aromatic N) is 1. The Kier molecular flexibility index (Phi) is 14.9. The average molecular weight is 482 g/mol. The van der Waals surface area contributed by atoms with Crippen LogP contribution in [0.15, 0.2) is 48.5 Å². The Hall–Kier alpha value is -2.33. The van der Waals surface area contributed by atoms with Crippen LogP contribution in [-0.4, -0.2) is 24.2 Å². The first-order valence-corrected chi connectivity index (χ1v) is 13.8. The van der Waals surface area contributed by atoms with Gasteiger partial charge in [0.2, 0.25) is 5.91 Å². The van der Waals surface area contributed by atoms with Gasteiger partial charge in [-0.1, -0.05) is 102 Å². The van der Waals surface area contributed by atoms with Gasteiger partial charge >= 0.3 is 0 Å². The van der Waals surface area contributed by atoms with Gasteiger partial charge in [0.15, 0.2) is 0 Å². The minimum absolute atomic E-state index is 0.00227. The highest BCUT2D eigenvalue weighted by atomic mass is 16.5. The summed E-state index contributed by atoms with van der Waals surface area (Å²) in [6.07, 6.45) is 16.9. The zero-order valence-electron chi connectivity index (χ0n) is 22.1. The summed E-state index contributed by atoms with van der Waals surface area (Å²) >= 11 is 0. The highest BCUT2D eigenvalue weighted by Gasteiger charge is 2.12. The Morgan fingerprint density at radius 2 is 1.40 bits per heavy atom. The molecule has 2 aromatic rings. The predicted molar refractivity (Wildman–Crippen MR) is 147 cm³/mol. The Bertz CT molecular complexity index is 818. The van der Waals surface area contributed by atoms with Crippen LogP contribution in [0, 0.1) is 0 Å². The molecule has 0 unspecified atom stereocenters. The zero-order chi connectivity index (χ0) is 25.1. The first-order valence-electron chi connectivity index (χ1n) is 13.8. The van der Waals surface area contributed by atoms with Crippen molar-refractivity contribution < 1.29 is 14.6 Å². The van der Waals surface area contributed by atoms with Crippen LogP contribution in [0.1, 0.15) is 102 Å². The number of anilines is 1. The van der Waals surface area contributed by atoms with Crippen LogP contribution in [0.2, 0.25) is 0 Å². The number of hydrogen-bond acceptors (Lipinski definition) is 3. The second-order valence-corrected chi connectivity index (χ2v) is 9.63. The van der Waals surface area contributed by atoms with Crippen LogP contribution in [-0.2, 0) is 17.8 Å². The Morgan fingerprint density at radius 3 is 1.97 bits per heavy atom. The van der Waals surface area contributed by atoms with Crippen molar-refractivity contribution in [3.8, 4) is 5.75 Å². The van der Waals surface area contributed by atoms with Gasteiger partial charge in [0.1, 0.15) is 5.75 Å². The maximum atomic E-state index is 12.2. The Morgan fingerprint density at radius 1 is 0.800 bits per heavy atom. The van der Waals surface area contributed by atoms with E-state index in [0.717, 1.165) is 36.4 Å². The number of rotatable bonds is 19. The third-order valence-corrected chi connectivity index (χ3v) is 6.60. The summed E-state index contributed by atoms with van der Waals surface area (Å²) in [5, 5.41) is 9.37. The van der Waals surface area contributed by atoms with Crippen molar-refractivity contribution in [3.05, 3.63) is 59.7 Å². The quantitative estimate of drug-likeness (QED) is 0.208. The number of benzene rings is 2. The van der Waals surface area contributed by atoms with Gasteiger partial charge < -0.3 is 14.7 Å². The molecule has 0 saturated carbocycles. The molecule has 0 fully saturated rings. The molecule has 0 bridgehead atoms. The van der Waals surface area contributed by atoms with Crippen LogP contribution < -0.4 is 9.64 Å². The monoisotopic (exact) mass is 481 g/mol. The first-order chi connectivity index (χ1) is 17.1. The van der Waals surface area contributed by atoms with Gasteiger partial charge in [-0.15, -0.1) is 0 Å². The normalized spacial score (nSPS) is 10.9. The molecule has 0 radical (unpaired) electrons. The zero-order valence-corrected chi connectivity index (χ0v) is 22.1. The fourth-order valence-corrected chi connectivity index (χ4v) is 4.42. The second kappa shape index (κ2) is 18.0. The molecule has 2 rings (SSSR count). The van der Waals surface area contributed by atoms with Crippen molar-refractivity contribution in [1.29, 1.82) is 0 Å². The van der Waals surface area contributed by atoms with E-state index < -0.39 is 0 Å². The smallest absolute Gasteiger partial charge is 0.223 e. The van der Waals surface area contributed by atoms with Crippen LogP contribution in [0.4, 0.5) is 5.69 Å². The van der Waals surface area contributed by atoms with Crippen molar-refractivity contribution in [2.45, 2.75) is 104 Å². The maximum absolute atomic E-state index is 12.2. The van der Waals surface area contributed by atoms with E-state index in [1.165, 1.54) is 76.2 Å². The fraction of sp³-hybridized carbons (Fsp3) is 0.581. The van der Waals surface area contributed by atoms with E-state index in [-0.39, 0.29) is 12.5 Å². The van der Waals surface area contributed by atoms with Crippen LogP contribution >= 0.6 is 0 Å². The molecular formula is C31H47NO3. The molecule has 0 aliphatic rings. The molecule has 35 heavy (non-hydrogen) atoms. The van der Waals surface area contributed by atoms with Crippen LogP contribution in [0.25, 0.3) is 0 Å². The maximum Gasteiger partial charge on any atom is 0.223 e. The fourth-order valence-electron chi connectivity index (χ4n) is 4.42. The first kappa shape index (κ1) is 28.9. The minimum Gasteiger partial charge on any atom is -0.494 e. The largest absolute Gasteiger partial charge is 0.494 e. The topological polar surface area (TPSA) is 49.8 Å². The second-order valence-electron chi connectivity index (χ2n) is 9.63. The van der Waals surface area contributed by atoms with E-state index in [4.69, 9.17) is 4.74 Å². The van der Waals surface area contributed by atoms with Crippen LogP contribution in [0.3, 0.4) is 0 Å². The molecule has 4 nitrogen and oxygen atoms in total. The van der Waals surface area contributed by atoms with E-state index in [1.807, 2.05) is 36.4 Å². The number of unbranched alkanes of at least 4 members (excludes halogenated alkanes) is 11. The Balaban J connectivity index is 1.58. The SMILES string of the molecule is CCCCCCCCCCCCCCOc1ccc(CCN(C(C)=O)c2cccc(CO)c2)cc1. The van der Waals surface area contributed by atoms with Gasteiger partial charge in [0.05, 0.1) is 13.2 Å². The molecule has 1 amide bonds. The number of aliphatic hydroxyl groups excluding tert-OH is 1. The van der Waals surface area contributed by atoms with Crippen molar-refractivity contribution in [2.24, 2.45) is 0 Å². The van der Waals surface area contributed by atoms with Crippen molar-refractivity contribution in [2.75, 3.05) is 18.1 Å². The third-order valence-electron chi connectivity index (χ3n) is 6.60. The Labute approximate surface area is 213 Å². The van der Waals surface area contributed by atoms with E-state index in [0.29, 0.717) is 6.54 Å². The van der Waals surface area contributed by atoms with E-state index in [2.05, 4.69) is 19.1 Å². The van der Waals surface area contributed by atoms with Crippen LogP contribution in [0.5, 0.6) is 5.75 Å². The van der Waals surface area contributed by atoms with Crippen molar-refractivity contribution >= 4 is 11.6 Å². The lowest BCUT2D eigenvalue weighted by molar-refractivity contribution is -0.116. The number of aliphatic hydroxyl groups is 1. The summed E-state index contributed by atoms with van der Waals surface area (Å²) in [6, 6.07) is 15.7. The molecule has 0 saturated heterocycles. The summed E-state index contributed by atoms with van der Waals surface area (Å²) in [7, 11) is 0. The molecule has 0 aromatic heterocycles. The number of hydrogen-bond donors (Lipinski definition) is 1. The third kappa shape index (κ3) is 12.3. The van der Waals surface area contributed by atoms with Gasteiger partial charge in [-0.3, -0.25) is 4.79 Å². The van der Waals surface area contributed by atoms with Gasteiger partial charge in [-0.05, 0) is 48.2 Å². The number of carbonyl (C=O) groups excluding carboxylic acids is 1. The molecule has 4 heteroatoms. The van der Waals surface area contributed by atoms with Gasteiger partial charge in [-0.25, -0.2) is 0 Å². The molecule has 0 heterocycles. The summed E-state index contributed by atoms with van der Waals surface area (Å²) in [6.45, 7) is 5.20. The minimum atomic E-state index is -0.0275. The molecule has 0 atom stereocenters. The van der Waals surface area contributed by atoms with E-state index in [9.17, 15) is 9.90 Å². The molecular weight excluding hydrogens is 434 g/mol. The standard InChI is InChI=1S/C31H47NO3/c1-3-4-5-6-7-8-9-10-11-12-13-14-24-35-31-20-18-28(19-21-31)22-23-32(27(2)34)30-17-15-16-29(25-30)26-33/h15-21,25,33H,3-14,22-24,26H2,1-2H3. The summed E-state index contributed by atoms with van der Waals surface area (Å²) < 4.78 is 5.92. The van der Waals surface area contributed by atoms with Gasteiger partial charge in [0, 0.05) is 19.2 Å². The van der Waals surface area contributed by atoms with Gasteiger partial charge in [-0.2, -0.15) is 0 Å². The molecule has 194 valence electrons. The van der Waals surface area contributed by atoms with E-state index >= 15 is 0 Å². The van der Waals surface area contributed by atoms with Crippen molar-refractivity contribution in [1.82, 2.24) is 0 Å². The number of amides is 1. The summed E-state index contributed by atoms with van der Waals surface area (Å²) in [4.78, 5) is 13.9. The predicted octanol–water partition coefficient (Wildman–Crippen LogP) is 7.85. The van der Waals surface area contributed by atoms with E-state index in [1.54, 1.807) is 11.8 Å². The van der Waals surface area contributed by atoms with Gasteiger partial charge in [0.25, 0.3) is 0 Å². The lowest BCUT2D eigenvalue weighted by atomic mass is 10.1. The molecule has 2 aromatic carbocycles. The lowest BCUT2D eigenvalue weighted by Gasteiger charge is -2.22. The molecule has 0 spiro atoms.